The van der Waals surface area contributed by atoms with E-state index < -0.39 is 17.4 Å². The van der Waals surface area contributed by atoms with Crippen LogP contribution >= 0.6 is 12.2 Å². The van der Waals surface area contributed by atoms with Crippen LogP contribution in [-0.4, -0.2) is 51.7 Å². The Bertz CT molecular complexity index is 837. The predicted octanol–water partition coefficient (Wildman–Crippen LogP) is 4.13. The number of hydrogen-bond donors (Lipinski definition) is 2. The van der Waals surface area contributed by atoms with Gasteiger partial charge in [-0.3, -0.25) is 10.1 Å². The molecule has 1 amide bonds. The fourth-order valence-electron chi connectivity index (χ4n) is 4.52. The van der Waals surface area contributed by atoms with E-state index in [-0.39, 0.29) is 30.5 Å². The van der Waals surface area contributed by atoms with Crippen molar-refractivity contribution in [1.82, 2.24) is 20.4 Å². The van der Waals surface area contributed by atoms with E-state index in [2.05, 4.69) is 15.5 Å². The number of benzene rings is 1. The fourth-order valence-corrected chi connectivity index (χ4v) is 4.94. The van der Waals surface area contributed by atoms with Gasteiger partial charge >= 0.3 is 6.18 Å². The lowest BCUT2D eigenvalue weighted by Gasteiger charge is -2.45. The van der Waals surface area contributed by atoms with Crippen molar-refractivity contribution in [1.29, 1.82) is 0 Å². The maximum absolute atomic E-state index is 13.4. The number of halogens is 3. The molecule has 0 unspecified atom stereocenters. The quantitative estimate of drug-likeness (QED) is 0.634. The summed E-state index contributed by atoms with van der Waals surface area (Å²) in [6, 6.07) is 5.17. The Kier molecular flexibility index (Phi) is 7.39. The van der Waals surface area contributed by atoms with Crippen LogP contribution in [0.5, 0.6) is 0 Å². The number of rotatable bonds is 5. The number of carbonyl (C=O) groups excluding carboxylic acids is 1. The molecule has 0 saturated carbocycles. The number of thiocarbonyl (C=S) groups is 1. The molecule has 1 aromatic rings. The standard InChI is InChI=1S/C23H33F3N4OS/c1-5-16(4)19-20(31)30(14-17-7-6-8-18(13-17)23(24,25)26)22(28-19)9-11-29(12-10-22)21(32)27-15(2)3/h6-8,13,15-16,19,28H,5,9-12,14H2,1-4H3,(H,27,32)/t16-,19-/m0/s1. The maximum atomic E-state index is 13.4. The molecule has 0 aromatic heterocycles. The number of carbonyl (C=O) groups is 1. The third-order valence-corrected chi connectivity index (χ3v) is 6.95. The van der Waals surface area contributed by atoms with E-state index in [0.29, 0.717) is 36.6 Å². The molecule has 9 heteroatoms. The molecule has 1 aromatic carbocycles. The van der Waals surface area contributed by atoms with Crippen molar-refractivity contribution in [3.63, 3.8) is 0 Å². The second-order valence-corrected chi connectivity index (χ2v) is 9.64. The summed E-state index contributed by atoms with van der Waals surface area (Å²) in [5.41, 5.74) is -0.788. The number of nitrogens with one attached hydrogen (secondary N) is 2. The average Bonchev–Trinajstić information content (AvgIpc) is 2.99. The molecule has 1 spiro atoms. The minimum absolute atomic E-state index is 0.0342. The van der Waals surface area contributed by atoms with Gasteiger partial charge in [-0.1, -0.05) is 32.4 Å². The first-order valence-electron chi connectivity index (χ1n) is 11.3. The molecule has 178 valence electrons. The smallest absolute Gasteiger partial charge is 0.360 e. The Morgan fingerprint density at radius 3 is 2.50 bits per heavy atom. The van der Waals surface area contributed by atoms with Crippen LogP contribution in [0.4, 0.5) is 13.2 Å². The third kappa shape index (κ3) is 5.20. The Hall–Kier alpha value is -1.87. The van der Waals surface area contributed by atoms with Crippen molar-refractivity contribution in [2.45, 2.75) is 77.4 Å². The molecule has 2 heterocycles. The summed E-state index contributed by atoms with van der Waals surface area (Å²) < 4.78 is 39.6. The number of hydrogen-bond acceptors (Lipinski definition) is 3. The van der Waals surface area contributed by atoms with Gasteiger partial charge in [0, 0.05) is 38.5 Å². The van der Waals surface area contributed by atoms with Crippen LogP contribution in [0.1, 0.15) is 58.1 Å². The summed E-state index contributed by atoms with van der Waals surface area (Å²) in [4.78, 5) is 17.3. The largest absolute Gasteiger partial charge is 0.416 e. The first-order chi connectivity index (χ1) is 15.0. The summed E-state index contributed by atoms with van der Waals surface area (Å²) >= 11 is 5.51. The molecule has 2 fully saturated rings. The molecule has 2 N–H and O–H groups in total. The van der Waals surface area contributed by atoms with Gasteiger partial charge in [0.1, 0.15) is 0 Å². The highest BCUT2D eigenvalue weighted by Gasteiger charge is 2.52. The predicted molar refractivity (Wildman–Crippen MR) is 123 cm³/mol. The number of nitrogens with zero attached hydrogens (tertiary/aromatic N) is 2. The van der Waals surface area contributed by atoms with E-state index in [0.717, 1.165) is 18.6 Å². The van der Waals surface area contributed by atoms with Crippen molar-refractivity contribution in [2.75, 3.05) is 13.1 Å². The number of likely N-dealkylation sites (tertiary alicyclic amines) is 1. The Labute approximate surface area is 193 Å². The molecule has 5 nitrogen and oxygen atoms in total. The van der Waals surface area contributed by atoms with Crippen LogP contribution in [0.2, 0.25) is 0 Å². The lowest BCUT2D eigenvalue weighted by atomic mass is 9.95. The van der Waals surface area contributed by atoms with E-state index in [1.54, 1.807) is 11.0 Å². The Morgan fingerprint density at radius 1 is 1.28 bits per heavy atom. The van der Waals surface area contributed by atoms with Gasteiger partial charge in [-0.05, 0) is 49.7 Å². The van der Waals surface area contributed by atoms with Crippen molar-refractivity contribution in [3.05, 3.63) is 35.4 Å². The summed E-state index contributed by atoms with van der Waals surface area (Å²) in [6.45, 7) is 9.63. The zero-order valence-corrected chi connectivity index (χ0v) is 19.9. The summed E-state index contributed by atoms with van der Waals surface area (Å²) in [6.07, 6.45) is -2.26. The van der Waals surface area contributed by atoms with Crippen LogP contribution in [0.15, 0.2) is 24.3 Å². The highest BCUT2D eigenvalue weighted by molar-refractivity contribution is 7.80. The van der Waals surface area contributed by atoms with Gasteiger partial charge in [-0.2, -0.15) is 13.2 Å². The molecular weight excluding hydrogens is 437 g/mol. The number of alkyl halides is 3. The number of amides is 1. The monoisotopic (exact) mass is 470 g/mol. The first kappa shape index (κ1) is 24.8. The first-order valence-corrected chi connectivity index (χ1v) is 11.7. The van der Waals surface area contributed by atoms with Crippen LogP contribution in [0.25, 0.3) is 0 Å². The van der Waals surface area contributed by atoms with Crippen molar-refractivity contribution >= 4 is 23.2 Å². The molecular formula is C23H33F3N4OS. The SMILES string of the molecule is CC[C@H](C)[C@@H]1NC2(CCN(C(=S)NC(C)C)CC2)N(Cc2cccc(C(F)(F)F)c2)C1=O. The van der Waals surface area contributed by atoms with E-state index in [1.165, 1.54) is 6.07 Å². The zero-order chi connectivity index (χ0) is 23.7. The van der Waals surface area contributed by atoms with Gasteiger partial charge < -0.3 is 15.1 Å². The van der Waals surface area contributed by atoms with Crippen LogP contribution in [0, 0.1) is 5.92 Å². The Morgan fingerprint density at radius 2 is 1.94 bits per heavy atom. The van der Waals surface area contributed by atoms with E-state index >= 15 is 0 Å². The molecule has 2 aliphatic heterocycles. The average molecular weight is 471 g/mol. The molecule has 32 heavy (non-hydrogen) atoms. The minimum Gasteiger partial charge on any atom is -0.360 e. The summed E-state index contributed by atoms with van der Waals surface area (Å²) in [5.74, 6) is 0.0979. The maximum Gasteiger partial charge on any atom is 0.416 e. The normalized spacial score (nSPS) is 22.0. The lowest BCUT2D eigenvalue weighted by Crippen LogP contribution is -2.60. The minimum atomic E-state index is -4.41. The lowest BCUT2D eigenvalue weighted by molar-refractivity contribution is -0.137. The van der Waals surface area contributed by atoms with Crippen molar-refractivity contribution in [2.24, 2.45) is 5.92 Å². The van der Waals surface area contributed by atoms with Crippen molar-refractivity contribution in [3.8, 4) is 0 Å². The molecule has 0 bridgehead atoms. The van der Waals surface area contributed by atoms with E-state index in [4.69, 9.17) is 12.2 Å². The molecule has 2 aliphatic rings. The Balaban J connectivity index is 1.84. The van der Waals surface area contributed by atoms with Gasteiger partial charge in [0.25, 0.3) is 0 Å². The van der Waals surface area contributed by atoms with Gasteiger partial charge in [0.05, 0.1) is 17.3 Å². The van der Waals surface area contributed by atoms with Crippen molar-refractivity contribution < 1.29 is 18.0 Å². The summed E-state index contributed by atoms with van der Waals surface area (Å²) in [5, 5.41) is 7.54. The van der Waals surface area contributed by atoms with Gasteiger partial charge in [-0.15, -0.1) is 0 Å². The van der Waals surface area contributed by atoms with Gasteiger partial charge in [-0.25, -0.2) is 0 Å². The number of piperidine rings is 1. The fraction of sp³-hybridized carbons (Fsp3) is 0.652. The van der Waals surface area contributed by atoms with E-state index in [9.17, 15) is 18.0 Å². The topological polar surface area (TPSA) is 47.6 Å². The molecule has 0 aliphatic carbocycles. The van der Waals surface area contributed by atoms with Crippen LogP contribution in [0.3, 0.4) is 0 Å². The van der Waals surface area contributed by atoms with E-state index in [1.807, 2.05) is 27.7 Å². The summed E-state index contributed by atoms with van der Waals surface area (Å²) in [7, 11) is 0. The molecule has 0 radical (unpaired) electrons. The van der Waals surface area contributed by atoms with Crippen LogP contribution in [-0.2, 0) is 17.5 Å². The molecule has 2 atom stereocenters. The highest BCUT2D eigenvalue weighted by Crippen LogP contribution is 2.37. The molecule has 2 saturated heterocycles. The third-order valence-electron chi connectivity index (χ3n) is 6.57. The molecule has 3 rings (SSSR count). The van der Waals surface area contributed by atoms with Gasteiger partial charge in [0.2, 0.25) is 5.91 Å². The van der Waals surface area contributed by atoms with Gasteiger partial charge in [0.15, 0.2) is 5.11 Å². The second-order valence-electron chi connectivity index (χ2n) is 9.25. The van der Waals surface area contributed by atoms with Crippen LogP contribution < -0.4 is 10.6 Å². The highest BCUT2D eigenvalue weighted by atomic mass is 32.1. The zero-order valence-electron chi connectivity index (χ0n) is 19.1. The second kappa shape index (κ2) is 9.55.